The third kappa shape index (κ3) is 2.79. The lowest BCUT2D eigenvalue weighted by Gasteiger charge is -2.13. The number of carbonyl (C=O) groups excluding carboxylic acids is 1. The molecule has 1 heterocycles. The largest absolute Gasteiger partial charge is 0.352 e. The Bertz CT molecular complexity index is 568. The van der Waals surface area contributed by atoms with Crippen LogP contribution in [0.25, 0.3) is 10.9 Å². The smallest absolute Gasteiger partial charge is 0.242 e. The number of hydrogen-bond acceptors (Lipinski definition) is 2. The van der Waals surface area contributed by atoms with Crippen molar-refractivity contribution in [3.05, 3.63) is 42.1 Å². The molecule has 0 saturated heterocycles. The standard InChI is InChI=1S/C14H15ClN2O/c1-9(2)17-14(18)13(15)11-5-6-12-10(8-11)4-3-7-16-12/h3-9,13H,1-2H3,(H,17,18). The van der Waals surface area contributed by atoms with Gasteiger partial charge < -0.3 is 5.32 Å². The Kier molecular flexibility index (Phi) is 3.82. The number of rotatable bonds is 3. The molecule has 0 aliphatic heterocycles. The van der Waals surface area contributed by atoms with Gasteiger partial charge in [-0.25, -0.2) is 0 Å². The first-order valence-electron chi connectivity index (χ1n) is 5.87. The van der Waals surface area contributed by atoms with Gasteiger partial charge in [0.25, 0.3) is 0 Å². The molecule has 2 rings (SSSR count). The lowest BCUT2D eigenvalue weighted by molar-refractivity contribution is -0.121. The summed E-state index contributed by atoms with van der Waals surface area (Å²) in [5, 5.41) is 3.12. The molecule has 0 spiro atoms. The number of fused-ring (bicyclic) bond motifs is 1. The quantitative estimate of drug-likeness (QED) is 0.864. The van der Waals surface area contributed by atoms with E-state index in [4.69, 9.17) is 11.6 Å². The molecule has 0 bridgehead atoms. The van der Waals surface area contributed by atoms with E-state index in [9.17, 15) is 4.79 Å². The minimum atomic E-state index is -0.669. The predicted octanol–water partition coefficient (Wildman–Crippen LogP) is 3.04. The van der Waals surface area contributed by atoms with Gasteiger partial charge in [-0.15, -0.1) is 11.6 Å². The molecule has 0 aliphatic carbocycles. The molecule has 1 aromatic carbocycles. The van der Waals surface area contributed by atoms with Gasteiger partial charge in [0.2, 0.25) is 5.91 Å². The second-order valence-corrected chi connectivity index (χ2v) is 4.92. The number of nitrogens with one attached hydrogen (secondary N) is 1. The zero-order chi connectivity index (χ0) is 13.1. The van der Waals surface area contributed by atoms with Crippen molar-refractivity contribution in [3.8, 4) is 0 Å². The van der Waals surface area contributed by atoms with Crippen LogP contribution in [-0.4, -0.2) is 16.9 Å². The maximum Gasteiger partial charge on any atom is 0.242 e. The number of carbonyl (C=O) groups is 1. The Morgan fingerprint density at radius 3 is 2.83 bits per heavy atom. The minimum Gasteiger partial charge on any atom is -0.352 e. The molecule has 0 aliphatic rings. The second kappa shape index (κ2) is 5.36. The van der Waals surface area contributed by atoms with Gasteiger partial charge in [-0.05, 0) is 37.6 Å². The average Bonchev–Trinajstić information content (AvgIpc) is 2.36. The van der Waals surface area contributed by atoms with Crippen LogP contribution in [0.15, 0.2) is 36.5 Å². The summed E-state index contributed by atoms with van der Waals surface area (Å²) in [5.74, 6) is -0.171. The van der Waals surface area contributed by atoms with Crippen LogP contribution in [0.1, 0.15) is 24.8 Å². The average molecular weight is 263 g/mol. The Hall–Kier alpha value is -1.61. The van der Waals surface area contributed by atoms with Crippen molar-refractivity contribution in [2.24, 2.45) is 0 Å². The van der Waals surface area contributed by atoms with Crippen molar-refractivity contribution >= 4 is 28.4 Å². The van der Waals surface area contributed by atoms with Crippen molar-refractivity contribution < 1.29 is 4.79 Å². The maximum atomic E-state index is 11.8. The summed E-state index contributed by atoms with van der Waals surface area (Å²) in [6.45, 7) is 3.82. The Labute approximate surface area is 111 Å². The van der Waals surface area contributed by atoms with E-state index in [1.54, 1.807) is 6.20 Å². The molecule has 0 saturated carbocycles. The van der Waals surface area contributed by atoms with Crippen LogP contribution in [0.4, 0.5) is 0 Å². The Morgan fingerprint density at radius 1 is 1.33 bits per heavy atom. The van der Waals surface area contributed by atoms with Crippen molar-refractivity contribution in [2.45, 2.75) is 25.3 Å². The van der Waals surface area contributed by atoms with Gasteiger partial charge in [0, 0.05) is 17.6 Å². The monoisotopic (exact) mass is 262 g/mol. The number of benzene rings is 1. The highest BCUT2D eigenvalue weighted by Crippen LogP contribution is 2.24. The first-order chi connectivity index (χ1) is 8.58. The van der Waals surface area contributed by atoms with E-state index in [-0.39, 0.29) is 11.9 Å². The molecular weight excluding hydrogens is 248 g/mol. The van der Waals surface area contributed by atoms with E-state index in [1.807, 2.05) is 44.2 Å². The third-order valence-corrected chi connectivity index (χ3v) is 3.03. The first-order valence-corrected chi connectivity index (χ1v) is 6.30. The van der Waals surface area contributed by atoms with E-state index < -0.39 is 5.38 Å². The summed E-state index contributed by atoms with van der Waals surface area (Å²) in [5.41, 5.74) is 1.68. The van der Waals surface area contributed by atoms with Gasteiger partial charge >= 0.3 is 0 Å². The second-order valence-electron chi connectivity index (χ2n) is 4.48. The van der Waals surface area contributed by atoms with Crippen molar-refractivity contribution in [1.29, 1.82) is 0 Å². The molecule has 94 valence electrons. The number of pyridine rings is 1. The van der Waals surface area contributed by atoms with Crippen LogP contribution in [0, 0.1) is 0 Å². The highest BCUT2D eigenvalue weighted by atomic mass is 35.5. The summed E-state index contributed by atoms with van der Waals surface area (Å²) in [6.07, 6.45) is 1.74. The molecule has 4 heteroatoms. The van der Waals surface area contributed by atoms with Crippen molar-refractivity contribution in [3.63, 3.8) is 0 Å². The topological polar surface area (TPSA) is 42.0 Å². The minimum absolute atomic E-state index is 0.0841. The van der Waals surface area contributed by atoms with Crippen LogP contribution in [-0.2, 0) is 4.79 Å². The van der Waals surface area contributed by atoms with Crippen LogP contribution < -0.4 is 5.32 Å². The number of halogens is 1. The zero-order valence-corrected chi connectivity index (χ0v) is 11.1. The molecule has 2 aromatic rings. The summed E-state index contributed by atoms with van der Waals surface area (Å²) in [6, 6.07) is 9.52. The van der Waals surface area contributed by atoms with E-state index >= 15 is 0 Å². The summed E-state index contributed by atoms with van der Waals surface area (Å²) in [4.78, 5) is 16.1. The fourth-order valence-electron chi connectivity index (χ4n) is 1.76. The van der Waals surface area contributed by atoms with Crippen molar-refractivity contribution in [1.82, 2.24) is 10.3 Å². The summed E-state index contributed by atoms with van der Waals surface area (Å²) in [7, 11) is 0. The predicted molar refractivity (Wildman–Crippen MR) is 73.6 cm³/mol. The number of aromatic nitrogens is 1. The summed E-state index contributed by atoms with van der Waals surface area (Å²) < 4.78 is 0. The molecule has 18 heavy (non-hydrogen) atoms. The van der Waals surface area contributed by atoms with Gasteiger partial charge in [-0.1, -0.05) is 12.1 Å². The molecule has 3 nitrogen and oxygen atoms in total. The van der Waals surface area contributed by atoms with Gasteiger partial charge in [-0.2, -0.15) is 0 Å². The molecular formula is C14H15ClN2O. The van der Waals surface area contributed by atoms with Crippen LogP contribution in [0.5, 0.6) is 0 Å². The Morgan fingerprint density at radius 2 is 2.11 bits per heavy atom. The van der Waals surface area contributed by atoms with Crippen molar-refractivity contribution in [2.75, 3.05) is 0 Å². The fraction of sp³-hybridized carbons (Fsp3) is 0.286. The normalized spacial score (nSPS) is 12.7. The van der Waals surface area contributed by atoms with Gasteiger partial charge in [0.15, 0.2) is 0 Å². The van der Waals surface area contributed by atoms with E-state index in [1.165, 1.54) is 0 Å². The number of hydrogen-bond donors (Lipinski definition) is 1. The SMILES string of the molecule is CC(C)NC(=O)C(Cl)c1ccc2ncccc2c1. The lowest BCUT2D eigenvalue weighted by Crippen LogP contribution is -2.32. The highest BCUT2D eigenvalue weighted by molar-refractivity contribution is 6.30. The molecule has 1 amide bonds. The fourth-order valence-corrected chi connectivity index (χ4v) is 1.96. The molecule has 1 atom stereocenters. The van der Waals surface area contributed by atoms with E-state index in [2.05, 4.69) is 10.3 Å². The van der Waals surface area contributed by atoms with Gasteiger partial charge in [-0.3, -0.25) is 9.78 Å². The van der Waals surface area contributed by atoms with Crippen LogP contribution in [0.2, 0.25) is 0 Å². The highest BCUT2D eigenvalue weighted by Gasteiger charge is 2.18. The Balaban J connectivity index is 2.27. The maximum absolute atomic E-state index is 11.8. The first kappa shape index (κ1) is 12.8. The number of alkyl halides is 1. The van der Waals surface area contributed by atoms with E-state index in [0.29, 0.717) is 0 Å². The van der Waals surface area contributed by atoms with Gasteiger partial charge in [0.1, 0.15) is 5.38 Å². The number of amides is 1. The van der Waals surface area contributed by atoms with Crippen LogP contribution in [0.3, 0.4) is 0 Å². The molecule has 0 radical (unpaired) electrons. The number of nitrogens with zero attached hydrogens (tertiary/aromatic N) is 1. The lowest BCUT2D eigenvalue weighted by atomic mass is 10.1. The molecule has 1 aromatic heterocycles. The molecule has 1 unspecified atom stereocenters. The van der Waals surface area contributed by atoms with E-state index in [0.717, 1.165) is 16.5 Å². The third-order valence-electron chi connectivity index (χ3n) is 2.58. The molecule has 0 fully saturated rings. The molecule has 1 N–H and O–H groups in total. The summed E-state index contributed by atoms with van der Waals surface area (Å²) >= 11 is 6.17. The zero-order valence-electron chi connectivity index (χ0n) is 10.4. The van der Waals surface area contributed by atoms with Gasteiger partial charge in [0.05, 0.1) is 5.52 Å². The van der Waals surface area contributed by atoms with Crippen LogP contribution >= 0.6 is 11.6 Å².